The van der Waals surface area contributed by atoms with Gasteiger partial charge in [0.1, 0.15) is 5.69 Å². The van der Waals surface area contributed by atoms with Crippen LogP contribution < -0.4 is 10.0 Å². The number of sulfonamides is 1. The fourth-order valence-corrected chi connectivity index (χ4v) is 2.25. The van der Waals surface area contributed by atoms with E-state index in [1.807, 2.05) is 0 Å². The number of halogens is 3. The van der Waals surface area contributed by atoms with Gasteiger partial charge in [-0.25, -0.2) is 13.1 Å². The number of hydrogen-bond acceptors (Lipinski definition) is 5. The van der Waals surface area contributed by atoms with E-state index in [-0.39, 0.29) is 18.8 Å². The predicted molar refractivity (Wildman–Crippen MR) is 78.7 cm³/mol. The molecule has 0 aliphatic heterocycles. The molecule has 0 amide bonds. The Bertz CT molecular complexity index is 662. The van der Waals surface area contributed by atoms with Gasteiger partial charge in [-0.1, -0.05) is 0 Å². The topological polar surface area (TPSA) is 101 Å². The van der Waals surface area contributed by atoms with Gasteiger partial charge >= 0.3 is 6.18 Å². The van der Waals surface area contributed by atoms with Gasteiger partial charge in [0.25, 0.3) is 5.69 Å². The smallest absolute Gasteiger partial charge is 0.379 e. The lowest BCUT2D eigenvalue weighted by atomic mass is 10.1. The van der Waals surface area contributed by atoms with E-state index in [9.17, 15) is 31.7 Å². The SMILES string of the molecule is CS(=O)(=O)NCCCCNc1ccc(C(F)(F)F)cc1[N+](=O)[O-]. The second kappa shape index (κ2) is 7.59. The van der Waals surface area contributed by atoms with Crippen molar-refractivity contribution in [3.05, 3.63) is 33.9 Å². The van der Waals surface area contributed by atoms with Gasteiger partial charge in [0.2, 0.25) is 10.0 Å². The number of hydrogen-bond donors (Lipinski definition) is 2. The van der Waals surface area contributed by atoms with Gasteiger partial charge < -0.3 is 5.32 Å². The summed E-state index contributed by atoms with van der Waals surface area (Å²) in [6.07, 6.45) is -2.66. The highest BCUT2D eigenvalue weighted by Gasteiger charge is 2.32. The quantitative estimate of drug-likeness (QED) is 0.423. The van der Waals surface area contributed by atoms with Gasteiger partial charge in [0.15, 0.2) is 0 Å². The number of alkyl halides is 3. The summed E-state index contributed by atoms with van der Waals surface area (Å²) in [7, 11) is -3.27. The van der Waals surface area contributed by atoms with Gasteiger partial charge in [0.05, 0.1) is 16.7 Å². The van der Waals surface area contributed by atoms with Gasteiger partial charge in [0, 0.05) is 19.2 Å². The number of nitro benzene ring substituents is 1. The number of unbranched alkanes of at least 4 members (excludes halogenated alkanes) is 1. The van der Waals surface area contributed by atoms with Crippen LogP contribution in [0.4, 0.5) is 24.5 Å². The Balaban J connectivity index is 2.61. The molecule has 1 rings (SSSR count). The number of nitrogens with zero attached hydrogens (tertiary/aromatic N) is 1. The number of benzene rings is 1. The Morgan fingerprint density at radius 3 is 2.35 bits per heavy atom. The van der Waals surface area contributed by atoms with Crippen LogP contribution in [0.1, 0.15) is 18.4 Å². The van der Waals surface area contributed by atoms with Crippen molar-refractivity contribution >= 4 is 21.4 Å². The molecule has 0 bridgehead atoms. The van der Waals surface area contributed by atoms with Gasteiger partial charge in [-0.05, 0) is 25.0 Å². The van der Waals surface area contributed by atoms with Gasteiger partial charge in [-0.15, -0.1) is 0 Å². The summed E-state index contributed by atoms with van der Waals surface area (Å²) >= 11 is 0. The third kappa shape index (κ3) is 6.82. The van der Waals surface area contributed by atoms with Crippen LogP contribution in [0.5, 0.6) is 0 Å². The molecule has 0 atom stereocenters. The van der Waals surface area contributed by atoms with Crippen molar-refractivity contribution in [1.29, 1.82) is 0 Å². The first kappa shape index (κ1) is 19.2. The van der Waals surface area contributed by atoms with Gasteiger partial charge in [-0.2, -0.15) is 13.2 Å². The van der Waals surface area contributed by atoms with E-state index in [2.05, 4.69) is 10.0 Å². The molecule has 7 nitrogen and oxygen atoms in total. The number of rotatable bonds is 8. The molecule has 0 unspecified atom stereocenters. The zero-order valence-corrected chi connectivity index (χ0v) is 13.0. The molecular formula is C12H16F3N3O4S. The highest BCUT2D eigenvalue weighted by atomic mass is 32.2. The largest absolute Gasteiger partial charge is 0.416 e. The summed E-state index contributed by atoms with van der Waals surface area (Å²) in [6.45, 7) is 0.479. The second-order valence-electron chi connectivity index (χ2n) is 4.79. The van der Waals surface area contributed by atoms with Crippen LogP contribution in [0.25, 0.3) is 0 Å². The summed E-state index contributed by atoms with van der Waals surface area (Å²) in [6, 6.07) is 2.25. The number of nitrogens with one attached hydrogen (secondary N) is 2. The molecule has 1 aromatic rings. The van der Waals surface area contributed by atoms with Crippen LogP contribution in [0, 0.1) is 10.1 Å². The molecule has 0 aromatic heterocycles. The lowest BCUT2D eigenvalue weighted by Crippen LogP contribution is -2.23. The maximum atomic E-state index is 12.6. The second-order valence-corrected chi connectivity index (χ2v) is 6.62. The number of anilines is 1. The third-order valence-electron chi connectivity index (χ3n) is 2.81. The molecule has 1 aromatic carbocycles. The summed E-state index contributed by atoms with van der Waals surface area (Å²) in [4.78, 5) is 9.98. The first-order valence-electron chi connectivity index (χ1n) is 6.55. The molecule has 0 heterocycles. The van der Waals surface area contributed by atoms with Crippen molar-refractivity contribution in [2.75, 3.05) is 24.7 Å². The lowest BCUT2D eigenvalue weighted by Gasteiger charge is -2.10. The van der Waals surface area contributed by atoms with Crippen LogP contribution >= 0.6 is 0 Å². The molecule has 2 N–H and O–H groups in total. The highest BCUT2D eigenvalue weighted by molar-refractivity contribution is 7.88. The molecule has 130 valence electrons. The molecular weight excluding hydrogens is 339 g/mol. The van der Waals surface area contributed by atoms with Crippen molar-refractivity contribution in [1.82, 2.24) is 4.72 Å². The Morgan fingerprint density at radius 1 is 1.22 bits per heavy atom. The average molecular weight is 355 g/mol. The molecule has 0 aliphatic carbocycles. The van der Waals surface area contributed by atoms with E-state index in [1.165, 1.54) is 0 Å². The zero-order valence-electron chi connectivity index (χ0n) is 12.2. The van der Waals surface area contributed by atoms with E-state index in [1.54, 1.807) is 0 Å². The van der Waals surface area contributed by atoms with Crippen LogP contribution in [0.3, 0.4) is 0 Å². The van der Waals surface area contributed by atoms with Crippen molar-refractivity contribution in [3.63, 3.8) is 0 Å². The van der Waals surface area contributed by atoms with Crippen LogP contribution in [0.2, 0.25) is 0 Å². The normalized spacial score (nSPS) is 12.2. The van der Waals surface area contributed by atoms with E-state index in [0.717, 1.165) is 18.4 Å². The molecule has 0 saturated carbocycles. The summed E-state index contributed by atoms with van der Waals surface area (Å²) in [5, 5.41) is 13.6. The minimum absolute atomic E-state index is 0.0147. The first-order valence-corrected chi connectivity index (χ1v) is 8.44. The van der Waals surface area contributed by atoms with Crippen LogP contribution in [-0.4, -0.2) is 32.7 Å². The minimum Gasteiger partial charge on any atom is -0.379 e. The Morgan fingerprint density at radius 2 is 1.83 bits per heavy atom. The van der Waals surface area contributed by atoms with E-state index < -0.39 is 32.4 Å². The lowest BCUT2D eigenvalue weighted by molar-refractivity contribution is -0.384. The summed E-state index contributed by atoms with van der Waals surface area (Å²) in [5.74, 6) is 0. The summed E-state index contributed by atoms with van der Waals surface area (Å²) in [5.41, 5.74) is -1.76. The molecule has 0 saturated heterocycles. The van der Waals surface area contributed by atoms with Crippen molar-refractivity contribution < 1.29 is 26.5 Å². The molecule has 0 fully saturated rings. The Labute approximate surface area is 131 Å². The average Bonchev–Trinajstić information content (AvgIpc) is 2.40. The Kier molecular flexibility index (Phi) is 6.33. The first-order chi connectivity index (χ1) is 10.5. The molecule has 0 radical (unpaired) electrons. The standard InChI is InChI=1S/C12H16F3N3O4S/c1-23(21,22)17-7-3-2-6-16-10-5-4-9(12(13,14)15)8-11(10)18(19)20/h4-5,8,16-17H,2-3,6-7H2,1H3. The molecule has 0 aliphatic rings. The number of nitro groups is 1. The van der Waals surface area contributed by atoms with E-state index in [0.29, 0.717) is 18.9 Å². The van der Waals surface area contributed by atoms with E-state index >= 15 is 0 Å². The Hall–Kier alpha value is -1.88. The fraction of sp³-hybridized carbons (Fsp3) is 0.500. The maximum Gasteiger partial charge on any atom is 0.416 e. The fourth-order valence-electron chi connectivity index (χ4n) is 1.74. The van der Waals surface area contributed by atoms with Crippen LogP contribution in [0.15, 0.2) is 18.2 Å². The summed E-state index contributed by atoms with van der Waals surface area (Å²) < 4.78 is 61.6. The maximum absolute atomic E-state index is 12.6. The van der Waals surface area contributed by atoms with Crippen molar-refractivity contribution in [2.45, 2.75) is 19.0 Å². The molecule has 11 heteroatoms. The van der Waals surface area contributed by atoms with Gasteiger partial charge in [-0.3, -0.25) is 10.1 Å². The van der Waals surface area contributed by atoms with Crippen LogP contribution in [-0.2, 0) is 16.2 Å². The predicted octanol–water partition coefficient (Wildman–Crippen LogP) is 2.35. The molecule has 0 spiro atoms. The molecule has 23 heavy (non-hydrogen) atoms. The zero-order chi connectivity index (χ0) is 17.7. The van der Waals surface area contributed by atoms with Crippen molar-refractivity contribution in [3.8, 4) is 0 Å². The third-order valence-corrected chi connectivity index (χ3v) is 3.53. The monoisotopic (exact) mass is 355 g/mol. The highest BCUT2D eigenvalue weighted by Crippen LogP contribution is 2.34. The van der Waals surface area contributed by atoms with Crippen molar-refractivity contribution in [2.24, 2.45) is 0 Å². The van der Waals surface area contributed by atoms with E-state index in [4.69, 9.17) is 0 Å². The minimum atomic E-state index is -4.65.